The molecule has 0 unspecified atom stereocenters. The zero-order valence-electron chi connectivity index (χ0n) is 14.8. The topological polar surface area (TPSA) is 59.8 Å². The van der Waals surface area contributed by atoms with Crippen LogP contribution in [0.15, 0.2) is 47.6 Å². The first-order chi connectivity index (χ1) is 12.5. The van der Waals surface area contributed by atoms with Gasteiger partial charge < -0.3 is 5.32 Å². The molecule has 0 bridgehead atoms. The van der Waals surface area contributed by atoms with Crippen LogP contribution in [-0.2, 0) is 0 Å². The average molecular weight is 370 g/mol. The van der Waals surface area contributed by atoms with Crippen molar-refractivity contribution < 1.29 is 9.18 Å². The Morgan fingerprint density at radius 3 is 2.54 bits per heavy atom. The lowest BCUT2D eigenvalue weighted by Crippen LogP contribution is -2.14. The largest absolute Gasteiger partial charge is 0.320 e. The summed E-state index contributed by atoms with van der Waals surface area (Å²) < 4.78 is 14.8. The van der Waals surface area contributed by atoms with Crippen LogP contribution < -0.4 is 5.32 Å². The fourth-order valence-corrected chi connectivity index (χ4v) is 3.27. The highest BCUT2D eigenvalue weighted by atomic mass is 32.2. The smallest absolute Gasteiger partial charge is 0.259 e. The number of carbonyl (C=O) groups excluding carboxylic acids is 1. The summed E-state index contributed by atoms with van der Waals surface area (Å²) in [6.45, 7) is 5.66. The molecule has 0 atom stereocenters. The summed E-state index contributed by atoms with van der Waals surface area (Å²) in [5.41, 5.74) is 3.13. The SMILES string of the molecule is CCSc1ccc(NC(=O)c2c(C)nn(-c3ccc(F)cc3)c2C)cn1. The van der Waals surface area contributed by atoms with Gasteiger partial charge in [0, 0.05) is 0 Å². The molecule has 3 aromatic rings. The fourth-order valence-electron chi connectivity index (χ4n) is 2.69. The molecule has 7 heteroatoms. The third kappa shape index (κ3) is 3.77. The molecule has 0 saturated carbocycles. The number of carbonyl (C=O) groups is 1. The van der Waals surface area contributed by atoms with E-state index < -0.39 is 0 Å². The number of amides is 1. The lowest BCUT2D eigenvalue weighted by Gasteiger charge is -2.07. The molecule has 134 valence electrons. The van der Waals surface area contributed by atoms with Crippen LogP contribution in [0.4, 0.5) is 10.1 Å². The first-order valence-electron chi connectivity index (χ1n) is 8.22. The van der Waals surface area contributed by atoms with Crippen molar-refractivity contribution >= 4 is 23.4 Å². The maximum absolute atomic E-state index is 13.1. The Hall–Kier alpha value is -2.67. The molecule has 1 N–H and O–H groups in total. The van der Waals surface area contributed by atoms with E-state index in [1.807, 2.05) is 19.1 Å². The van der Waals surface area contributed by atoms with Gasteiger partial charge in [0.05, 0.1) is 39.5 Å². The van der Waals surface area contributed by atoms with Gasteiger partial charge >= 0.3 is 0 Å². The van der Waals surface area contributed by atoms with E-state index in [-0.39, 0.29) is 11.7 Å². The van der Waals surface area contributed by atoms with Crippen molar-refractivity contribution in [3.05, 3.63) is 65.4 Å². The van der Waals surface area contributed by atoms with Crippen molar-refractivity contribution in [3.63, 3.8) is 0 Å². The van der Waals surface area contributed by atoms with Gasteiger partial charge in [-0.2, -0.15) is 5.10 Å². The Morgan fingerprint density at radius 1 is 1.19 bits per heavy atom. The van der Waals surface area contributed by atoms with Crippen LogP contribution in [0, 0.1) is 19.7 Å². The van der Waals surface area contributed by atoms with E-state index in [1.54, 1.807) is 41.7 Å². The summed E-state index contributed by atoms with van der Waals surface area (Å²) in [7, 11) is 0. The minimum absolute atomic E-state index is 0.244. The van der Waals surface area contributed by atoms with E-state index in [1.165, 1.54) is 12.1 Å². The van der Waals surface area contributed by atoms with Crippen LogP contribution in [0.2, 0.25) is 0 Å². The van der Waals surface area contributed by atoms with Gasteiger partial charge in [0.1, 0.15) is 5.82 Å². The zero-order chi connectivity index (χ0) is 18.7. The number of nitrogens with one attached hydrogen (secondary N) is 1. The summed E-state index contributed by atoms with van der Waals surface area (Å²) >= 11 is 1.64. The highest BCUT2D eigenvalue weighted by Gasteiger charge is 2.19. The number of hydrogen-bond donors (Lipinski definition) is 1. The predicted octanol–water partition coefficient (Wildman–Crippen LogP) is 4.39. The second-order valence-electron chi connectivity index (χ2n) is 5.71. The van der Waals surface area contributed by atoms with Crippen molar-refractivity contribution in [3.8, 4) is 5.69 Å². The van der Waals surface area contributed by atoms with E-state index in [0.29, 0.717) is 28.3 Å². The number of halogens is 1. The maximum atomic E-state index is 13.1. The third-order valence-electron chi connectivity index (χ3n) is 3.88. The zero-order valence-corrected chi connectivity index (χ0v) is 15.6. The highest BCUT2D eigenvalue weighted by molar-refractivity contribution is 7.99. The van der Waals surface area contributed by atoms with Crippen LogP contribution >= 0.6 is 11.8 Å². The molecule has 0 radical (unpaired) electrons. The Morgan fingerprint density at radius 2 is 1.92 bits per heavy atom. The van der Waals surface area contributed by atoms with Gasteiger partial charge in [0.25, 0.3) is 5.91 Å². The molecule has 5 nitrogen and oxygen atoms in total. The van der Waals surface area contributed by atoms with Crippen molar-refractivity contribution in [1.29, 1.82) is 0 Å². The third-order valence-corrected chi connectivity index (χ3v) is 4.70. The molecule has 2 aromatic heterocycles. The second-order valence-corrected chi connectivity index (χ2v) is 6.99. The van der Waals surface area contributed by atoms with Gasteiger partial charge in [-0.3, -0.25) is 4.79 Å². The molecule has 0 fully saturated rings. The standard InChI is InChI=1S/C19H19FN4OS/c1-4-26-17-10-7-15(11-21-17)22-19(25)18-12(2)23-24(13(18)3)16-8-5-14(20)6-9-16/h5-11H,4H2,1-3H3,(H,22,25). The van der Waals surface area contributed by atoms with Gasteiger partial charge in [-0.1, -0.05) is 6.92 Å². The number of aryl methyl sites for hydroxylation is 1. The number of pyridine rings is 1. The fraction of sp³-hybridized carbons (Fsp3) is 0.211. The quantitative estimate of drug-likeness (QED) is 0.677. The van der Waals surface area contributed by atoms with Gasteiger partial charge in [-0.15, -0.1) is 11.8 Å². The first kappa shape index (κ1) is 18.1. The van der Waals surface area contributed by atoms with Crippen LogP contribution in [0.25, 0.3) is 5.69 Å². The van der Waals surface area contributed by atoms with Gasteiger partial charge in [-0.05, 0) is 56.0 Å². The normalized spacial score (nSPS) is 10.8. The number of thioether (sulfide) groups is 1. The average Bonchev–Trinajstić information content (AvgIpc) is 2.92. The van der Waals surface area contributed by atoms with E-state index in [9.17, 15) is 9.18 Å². The van der Waals surface area contributed by atoms with Crippen molar-refractivity contribution in [2.75, 3.05) is 11.1 Å². The highest BCUT2D eigenvalue weighted by Crippen LogP contribution is 2.21. The van der Waals surface area contributed by atoms with Crippen molar-refractivity contribution in [2.24, 2.45) is 0 Å². The molecule has 0 aliphatic rings. The Kier molecular flexibility index (Phi) is 5.37. The second kappa shape index (κ2) is 7.70. The first-order valence-corrected chi connectivity index (χ1v) is 9.20. The summed E-state index contributed by atoms with van der Waals surface area (Å²) in [6, 6.07) is 9.71. The van der Waals surface area contributed by atoms with Crippen LogP contribution in [0.3, 0.4) is 0 Å². The number of rotatable bonds is 5. The number of aromatic nitrogens is 3. The molecular weight excluding hydrogens is 351 g/mol. The number of nitrogens with zero attached hydrogens (tertiary/aromatic N) is 3. The molecule has 0 spiro atoms. The predicted molar refractivity (Wildman–Crippen MR) is 102 cm³/mol. The molecule has 3 rings (SSSR count). The summed E-state index contributed by atoms with van der Waals surface area (Å²) in [4.78, 5) is 17.0. The van der Waals surface area contributed by atoms with Crippen molar-refractivity contribution in [2.45, 2.75) is 25.8 Å². The number of hydrogen-bond acceptors (Lipinski definition) is 4. The molecule has 1 aromatic carbocycles. The minimum atomic E-state index is -0.314. The van der Waals surface area contributed by atoms with E-state index in [4.69, 9.17) is 0 Å². The lowest BCUT2D eigenvalue weighted by molar-refractivity contribution is 0.102. The van der Waals surface area contributed by atoms with Gasteiger partial charge in [0.15, 0.2) is 0 Å². The van der Waals surface area contributed by atoms with Crippen molar-refractivity contribution in [1.82, 2.24) is 14.8 Å². The monoisotopic (exact) mass is 370 g/mol. The molecule has 0 saturated heterocycles. The molecule has 1 amide bonds. The molecular formula is C19H19FN4OS. The summed E-state index contributed by atoms with van der Waals surface area (Å²) in [6.07, 6.45) is 1.64. The van der Waals surface area contributed by atoms with Gasteiger partial charge in [-0.25, -0.2) is 14.1 Å². The minimum Gasteiger partial charge on any atom is -0.320 e. The van der Waals surface area contributed by atoms with E-state index in [0.717, 1.165) is 10.8 Å². The lowest BCUT2D eigenvalue weighted by atomic mass is 10.2. The molecule has 0 aliphatic carbocycles. The number of benzene rings is 1. The Balaban J connectivity index is 1.84. The summed E-state index contributed by atoms with van der Waals surface area (Å²) in [5.74, 6) is 0.385. The van der Waals surface area contributed by atoms with E-state index >= 15 is 0 Å². The number of anilines is 1. The molecule has 26 heavy (non-hydrogen) atoms. The molecule has 0 aliphatic heterocycles. The van der Waals surface area contributed by atoms with Gasteiger partial charge in [0.2, 0.25) is 0 Å². The maximum Gasteiger partial charge on any atom is 0.259 e. The van der Waals surface area contributed by atoms with Crippen LogP contribution in [0.1, 0.15) is 28.7 Å². The Labute approximate surface area is 155 Å². The molecule has 2 heterocycles. The van der Waals surface area contributed by atoms with E-state index in [2.05, 4.69) is 22.3 Å². The van der Waals surface area contributed by atoms with Crippen LogP contribution in [0.5, 0.6) is 0 Å². The summed E-state index contributed by atoms with van der Waals surface area (Å²) in [5, 5.41) is 8.20. The van der Waals surface area contributed by atoms with Crippen LogP contribution in [-0.4, -0.2) is 26.4 Å². The Bertz CT molecular complexity index is 920.